The Balaban J connectivity index is 2.07. The number of nitrogens with zero attached hydrogens (tertiary/aromatic N) is 1. The first-order valence-electron chi connectivity index (χ1n) is 7.64. The molecule has 2 aromatic rings. The lowest BCUT2D eigenvalue weighted by Gasteiger charge is -2.08. The van der Waals surface area contributed by atoms with E-state index in [-0.39, 0.29) is 5.91 Å². The Labute approximate surface area is 141 Å². The van der Waals surface area contributed by atoms with Crippen molar-refractivity contribution in [3.05, 3.63) is 72.3 Å². The van der Waals surface area contributed by atoms with Crippen LogP contribution in [0.3, 0.4) is 0 Å². The molecule has 0 aromatic heterocycles. The smallest absolute Gasteiger partial charge is 0.275 e. The molecular formula is C19H20N2O3. The van der Waals surface area contributed by atoms with Crippen LogP contribution in [0.5, 0.6) is 11.5 Å². The maximum absolute atomic E-state index is 12.3. The fourth-order valence-corrected chi connectivity index (χ4v) is 2.02. The lowest BCUT2D eigenvalue weighted by atomic mass is 10.2. The summed E-state index contributed by atoms with van der Waals surface area (Å²) >= 11 is 0. The van der Waals surface area contributed by atoms with Crippen molar-refractivity contribution in [3.63, 3.8) is 0 Å². The van der Waals surface area contributed by atoms with Crippen LogP contribution in [0.2, 0.25) is 0 Å². The largest absolute Gasteiger partial charge is 0.493 e. The van der Waals surface area contributed by atoms with Crippen LogP contribution in [-0.2, 0) is 0 Å². The molecule has 1 amide bonds. The maximum atomic E-state index is 12.3. The molecule has 0 aliphatic carbocycles. The number of carbonyl (C=O) groups is 1. The van der Waals surface area contributed by atoms with Crippen molar-refractivity contribution in [2.45, 2.75) is 6.92 Å². The van der Waals surface area contributed by atoms with Gasteiger partial charge in [0.1, 0.15) is 18.1 Å². The molecule has 0 unspecified atom stereocenters. The molecule has 0 spiro atoms. The van der Waals surface area contributed by atoms with Crippen LogP contribution >= 0.6 is 0 Å². The number of amides is 1. The van der Waals surface area contributed by atoms with Crippen LogP contribution in [0.4, 0.5) is 0 Å². The van der Waals surface area contributed by atoms with E-state index in [4.69, 9.17) is 9.47 Å². The molecule has 5 nitrogen and oxygen atoms in total. The van der Waals surface area contributed by atoms with Crippen LogP contribution in [0.1, 0.15) is 22.8 Å². The quantitative estimate of drug-likeness (QED) is 0.460. The minimum absolute atomic E-state index is 0.329. The standard InChI is InChI=1S/C19H20N2O3/c1-3-13-24-18-12-8-6-10-16(18)19(22)21-20-14-15-9-5-7-11-17(15)23-4-2/h3,5-12,14H,1,4,13H2,2H3,(H,21,22)/b20-14+. The summed E-state index contributed by atoms with van der Waals surface area (Å²) < 4.78 is 11.0. The Kier molecular flexibility index (Phi) is 6.58. The van der Waals surface area contributed by atoms with Crippen molar-refractivity contribution in [1.82, 2.24) is 5.43 Å². The second-order valence-corrected chi connectivity index (χ2v) is 4.77. The third-order valence-electron chi connectivity index (χ3n) is 3.08. The lowest BCUT2D eigenvalue weighted by molar-refractivity contribution is 0.0951. The predicted molar refractivity (Wildman–Crippen MR) is 94.8 cm³/mol. The average molecular weight is 324 g/mol. The predicted octanol–water partition coefficient (Wildman–Crippen LogP) is 3.41. The molecule has 2 rings (SSSR count). The van der Waals surface area contributed by atoms with Gasteiger partial charge >= 0.3 is 0 Å². The van der Waals surface area contributed by atoms with Crippen LogP contribution in [0.15, 0.2) is 66.3 Å². The Bertz CT molecular complexity index is 726. The van der Waals surface area contributed by atoms with Gasteiger partial charge in [0.25, 0.3) is 5.91 Å². The first-order valence-corrected chi connectivity index (χ1v) is 7.64. The minimum Gasteiger partial charge on any atom is -0.493 e. The first-order chi connectivity index (χ1) is 11.8. The fourth-order valence-electron chi connectivity index (χ4n) is 2.02. The highest BCUT2D eigenvalue weighted by Crippen LogP contribution is 2.18. The third-order valence-corrected chi connectivity index (χ3v) is 3.08. The molecular weight excluding hydrogens is 304 g/mol. The molecule has 0 heterocycles. The highest BCUT2D eigenvalue weighted by Gasteiger charge is 2.10. The van der Waals surface area contributed by atoms with Gasteiger partial charge in [-0.05, 0) is 31.2 Å². The zero-order valence-electron chi connectivity index (χ0n) is 13.6. The summed E-state index contributed by atoms with van der Waals surface area (Å²) in [7, 11) is 0. The van der Waals surface area contributed by atoms with Crippen molar-refractivity contribution in [2.75, 3.05) is 13.2 Å². The van der Waals surface area contributed by atoms with Crippen molar-refractivity contribution in [1.29, 1.82) is 0 Å². The number of benzene rings is 2. The molecule has 124 valence electrons. The summed E-state index contributed by atoms with van der Waals surface area (Å²) in [6.07, 6.45) is 3.17. The second kappa shape index (κ2) is 9.15. The van der Waals surface area contributed by atoms with Crippen molar-refractivity contribution >= 4 is 12.1 Å². The summed E-state index contributed by atoms with van der Waals surface area (Å²) in [6, 6.07) is 14.5. The second-order valence-electron chi connectivity index (χ2n) is 4.77. The number of hydrogen-bond acceptors (Lipinski definition) is 4. The molecule has 0 aliphatic heterocycles. The highest BCUT2D eigenvalue weighted by molar-refractivity contribution is 5.97. The van der Waals surface area contributed by atoms with Gasteiger partial charge in [-0.15, -0.1) is 0 Å². The summed E-state index contributed by atoms with van der Waals surface area (Å²) in [4.78, 5) is 12.3. The Morgan fingerprint density at radius 1 is 1.12 bits per heavy atom. The van der Waals surface area contributed by atoms with E-state index in [0.717, 1.165) is 5.56 Å². The van der Waals surface area contributed by atoms with Gasteiger partial charge in [-0.2, -0.15) is 5.10 Å². The van der Waals surface area contributed by atoms with Crippen LogP contribution in [-0.4, -0.2) is 25.3 Å². The number of hydrogen-bond donors (Lipinski definition) is 1. The molecule has 0 fully saturated rings. The van der Waals surface area contributed by atoms with E-state index in [1.165, 1.54) is 0 Å². The van der Waals surface area contributed by atoms with E-state index in [9.17, 15) is 4.79 Å². The number of para-hydroxylation sites is 2. The van der Waals surface area contributed by atoms with Crippen LogP contribution in [0, 0.1) is 0 Å². The molecule has 0 saturated heterocycles. The Morgan fingerprint density at radius 3 is 2.58 bits per heavy atom. The average Bonchev–Trinajstić information content (AvgIpc) is 2.62. The normalized spacial score (nSPS) is 10.4. The van der Waals surface area contributed by atoms with Crippen LogP contribution in [0.25, 0.3) is 0 Å². The third kappa shape index (κ3) is 4.71. The zero-order chi connectivity index (χ0) is 17.2. The topological polar surface area (TPSA) is 59.9 Å². The molecule has 0 aliphatic rings. The van der Waals surface area contributed by atoms with Gasteiger partial charge in [-0.1, -0.05) is 36.9 Å². The molecule has 0 atom stereocenters. The molecule has 0 saturated carbocycles. The summed E-state index contributed by atoms with van der Waals surface area (Å²) in [5, 5.41) is 4.00. The van der Waals surface area contributed by atoms with E-state index in [0.29, 0.717) is 30.3 Å². The summed E-state index contributed by atoms with van der Waals surface area (Å²) in [6.45, 7) is 6.40. The number of nitrogens with one attached hydrogen (secondary N) is 1. The zero-order valence-corrected chi connectivity index (χ0v) is 13.6. The van der Waals surface area contributed by atoms with Gasteiger partial charge in [-0.3, -0.25) is 4.79 Å². The molecule has 24 heavy (non-hydrogen) atoms. The minimum atomic E-state index is -0.347. The Hall–Kier alpha value is -3.08. The molecule has 5 heteroatoms. The van der Waals surface area contributed by atoms with Gasteiger partial charge in [0, 0.05) is 5.56 Å². The van der Waals surface area contributed by atoms with E-state index < -0.39 is 0 Å². The van der Waals surface area contributed by atoms with E-state index in [1.54, 1.807) is 36.6 Å². The number of hydrazone groups is 1. The van der Waals surface area contributed by atoms with Gasteiger partial charge in [-0.25, -0.2) is 5.43 Å². The number of ether oxygens (including phenoxy) is 2. The molecule has 0 bridgehead atoms. The van der Waals surface area contributed by atoms with Crippen LogP contribution < -0.4 is 14.9 Å². The van der Waals surface area contributed by atoms with Crippen molar-refractivity contribution in [3.8, 4) is 11.5 Å². The molecule has 2 aromatic carbocycles. The van der Waals surface area contributed by atoms with E-state index in [1.807, 2.05) is 31.2 Å². The van der Waals surface area contributed by atoms with Gasteiger partial charge in [0.05, 0.1) is 18.4 Å². The van der Waals surface area contributed by atoms with Gasteiger partial charge in [0.2, 0.25) is 0 Å². The van der Waals surface area contributed by atoms with Gasteiger partial charge in [0.15, 0.2) is 0 Å². The fraction of sp³-hybridized carbons (Fsp3) is 0.158. The lowest BCUT2D eigenvalue weighted by Crippen LogP contribution is -2.18. The van der Waals surface area contributed by atoms with Crippen molar-refractivity contribution in [2.24, 2.45) is 5.10 Å². The first kappa shape index (κ1) is 17.3. The number of carbonyl (C=O) groups excluding carboxylic acids is 1. The van der Waals surface area contributed by atoms with E-state index in [2.05, 4.69) is 17.1 Å². The number of rotatable bonds is 8. The Morgan fingerprint density at radius 2 is 1.83 bits per heavy atom. The molecule has 1 N–H and O–H groups in total. The maximum Gasteiger partial charge on any atom is 0.275 e. The summed E-state index contributed by atoms with van der Waals surface area (Å²) in [5.74, 6) is 0.854. The summed E-state index contributed by atoms with van der Waals surface area (Å²) in [5.41, 5.74) is 3.70. The monoisotopic (exact) mass is 324 g/mol. The van der Waals surface area contributed by atoms with Crippen molar-refractivity contribution < 1.29 is 14.3 Å². The SMILES string of the molecule is C=CCOc1ccccc1C(=O)N/N=C/c1ccccc1OCC. The highest BCUT2D eigenvalue weighted by atomic mass is 16.5. The van der Waals surface area contributed by atoms with E-state index >= 15 is 0 Å². The van der Waals surface area contributed by atoms with Gasteiger partial charge < -0.3 is 9.47 Å². The molecule has 0 radical (unpaired) electrons.